The van der Waals surface area contributed by atoms with Crippen LogP contribution < -0.4 is 11.1 Å². The molecule has 3 nitrogen and oxygen atoms in total. The normalized spacial score (nSPS) is 12.3. The van der Waals surface area contributed by atoms with E-state index in [1.54, 1.807) is 5.32 Å². The van der Waals surface area contributed by atoms with Crippen molar-refractivity contribution in [1.82, 2.24) is 0 Å². The van der Waals surface area contributed by atoms with E-state index in [9.17, 15) is 5.11 Å². The van der Waals surface area contributed by atoms with Gasteiger partial charge in [0.25, 0.3) is 0 Å². The molecule has 82 valence electrons. The van der Waals surface area contributed by atoms with Gasteiger partial charge in [-0.2, -0.15) is 0 Å². The molecule has 0 aliphatic heterocycles. The maximum atomic E-state index is 9.99. The van der Waals surface area contributed by atoms with E-state index >= 15 is 0 Å². The van der Waals surface area contributed by atoms with E-state index in [4.69, 9.17) is 5.73 Å². The number of hydrogen-bond acceptors (Lipinski definition) is 2. The highest BCUT2D eigenvalue weighted by molar-refractivity contribution is 5.56. The van der Waals surface area contributed by atoms with Crippen LogP contribution in [0.25, 0.3) is 0 Å². The Balaban J connectivity index is 2.14. The highest BCUT2D eigenvalue weighted by Gasteiger charge is 2.12. The predicted octanol–water partition coefficient (Wildman–Crippen LogP) is 1.15. The van der Waals surface area contributed by atoms with Crippen molar-refractivity contribution in [2.45, 2.75) is 6.23 Å². The smallest absolute Gasteiger partial charge is 0.219 e. The van der Waals surface area contributed by atoms with Gasteiger partial charge in [-0.1, -0.05) is 42.5 Å². The number of aliphatic hydroxyl groups is 1. The summed E-state index contributed by atoms with van der Waals surface area (Å²) < 4.78 is 0. The van der Waals surface area contributed by atoms with Crippen molar-refractivity contribution in [3.63, 3.8) is 0 Å². The molecule has 5 N–H and O–H groups in total. The molecule has 2 aromatic carbocycles. The number of benzene rings is 2. The largest absolute Gasteiger partial charge is 0.394 e. The molecule has 0 bridgehead atoms. The molecule has 0 heterocycles. The van der Waals surface area contributed by atoms with Crippen molar-refractivity contribution in [1.29, 1.82) is 0 Å². The third kappa shape index (κ3) is 2.39. The van der Waals surface area contributed by atoms with Crippen LogP contribution in [0.15, 0.2) is 54.6 Å². The van der Waals surface area contributed by atoms with Gasteiger partial charge in [-0.3, -0.25) is 5.32 Å². The SMILES string of the molecule is Nc1ccccc1[NH2+]C(O)c1ccccc1. The van der Waals surface area contributed by atoms with Gasteiger partial charge in [-0.05, 0) is 6.07 Å². The van der Waals surface area contributed by atoms with Crippen LogP contribution in [0.1, 0.15) is 11.8 Å². The fourth-order valence-electron chi connectivity index (χ4n) is 1.58. The number of aliphatic hydroxyl groups excluding tert-OH is 1. The Morgan fingerprint density at radius 2 is 1.56 bits per heavy atom. The number of nitrogen functional groups attached to an aromatic ring is 1. The van der Waals surface area contributed by atoms with Gasteiger partial charge in [0.1, 0.15) is 0 Å². The van der Waals surface area contributed by atoms with E-state index < -0.39 is 6.23 Å². The van der Waals surface area contributed by atoms with Gasteiger partial charge in [0, 0.05) is 11.6 Å². The quantitative estimate of drug-likeness (QED) is 0.531. The zero-order valence-electron chi connectivity index (χ0n) is 8.88. The fraction of sp³-hybridized carbons (Fsp3) is 0.0769. The lowest BCUT2D eigenvalue weighted by Gasteiger charge is -2.10. The van der Waals surface area contributed by atoms with Gasteiger partial charge < -0.3 is 10.8 Å². The summed E-state index contributed by atoms with van der Waals surface area (Å²) in [5, 5.41) is 11.7. The van der Waals surface area contributed by atoms with Gasteiger partial charge in [-0.15, -0.1) is 0 Å². The lowest BCUT2D eigenvalue weighted by atomic mass is 10.2. The van der Waals surface area contributed by atoms with E-state index in [1.165, 1.54) is 0 Å². The Kier molecular flexibility index (Phi) is 3.19. The summed E-state index contributed by atoms with van der Waals surface area (Å²) in [6.45, 7) is 0. The summed E-state index contributed by atoms with van der Waals surface area (Å²) in [7, 11) is 0. The molecule has 2 rings (SSSR count). The van der Waals surface area contributed by atoms with Crippen LogP contribution in [0.3, 0.4) is 0 Å². The topological polar surface area (TPSA) is 62.9 Å². The second kappa shape index (κ2) is 4.79. The molecule has 0 radical (unpaired) electrons. The minimum absolute atomic E-state index is 0.620. The van der Waals surface area contributed by atoms with E-state index in [-0.39, 0.29) is 0 Å². The van der Waals surface area contributed by atoms with Crippen LogP contribution in [0.4, 0.5) is 11.4 Å². The third-order valence-electron chi connectivity index (χ3n) is 2.47. The van der Waals surface area contributed by atoms with Gasteiger partial charge >= 0.3 is 0 Å². The molecule has 1 unspecified atom stereocenters. The van der Waals surface area contributed by atoms with Gasteiger partial charge in [0.15, 0.2) is 5.69 Å². The Morgan fingerprint density at radius 1 is 0.938 bits per heavy atom. The van der Waals surface area contributed by atoms with E-state index in [0.717, 1.165) is 11.3 Å². The lowest BCUT2D eigenvalue weighted by molar-refractivity contribution is -0.660. The van der Waals surface area contributed by atoms with E-state index in [0.29, 0.717) is 5.69 Å². The van der Waals surface area contributed by atoms with Crippen molar-refractivity contribution in [3.8, 4) is 0 Å². The summed E-state index contributed by atoms with van der Waals surface area (Å²) in [5.74, 6) is 0. The summed E-state index contributed by atoms with van der Waals surface area (Å²) in [5.41, 5.74) is 8.21. The molecule has 0 saturated carbocycles. The molecule has 16 heavy (non-hydrogen) atoms. The Hall–Kier alpha value is -1.84. The Morgan fingerprint density at radius 3 is 2.25 bits per heavy atom. The summed E-state index contributed by atoms with van der Waals surface area (Å²) in [4.78, 5) is 0. The average Bonchev–Trinajstić information content (AvgIpc) is 2.33. The maximum absolute atomic E-state index is 9.99. The number of anilines is 1. The van der Waals surface area contributed by atoms with E-state index in [1.807, 2.05) is 54.6 Å². The molecule has 1 atom stereocenters. The molecule has 0 fully saturated rings. The maximum Gasteiger partial charge on any atom is 0.219 e. The molecular formula is C13H15N2O+. The minimum atomic E-state index is -0.620. The fourth-order valence-corrected chi connectivity index (χ4v) is 1.58. The number of para-hydroxylation sites is 2. The summed E-state index contributed by atoms with van der Waals surface area (Å²) >= 11 is 0. The molecule has 0 amide bonds. The van der Waals surface area contributed by atoms with Crippen LogP contribution in [-0.2, 0) is 0 Å². The van der Waals surface area contributed by atoms with Crippen LogP contribution in [0.2, 0.25) is 0 Å². The average molecular weight is 215 g/mol. The molecule has 0 aromatic heterocycles. The summed E-state index contributed by atoms with van der Waals surface area (Å²) in [6, 6.07) is 17.0. The highest BCUT2D eigenvalue weighted by Crippen LogP contribution is 2.13. The first-order valence-corrected chi connectivity index (χ1v) is 5.20. The Bertz CT molecular complexity index is 456. The number of rotatable bonds is 3. The standard InChI is InChI=1S/C13H14N2O/c14-11-8-4-5-9-12(11)15-13(16)10-6-2-1-3-7-10/h1-9,13,15-16H,14H2/p+1. The molecule has 2 aromatic rings. The molecule has 0 aliphatic carbocycles. The lowest BCUT2D eigenvalue weighted by Crippen LogP contribution is -2.79. The number of nitrogens with two attached hydrogens (primary N) is 2. The van der Waals surface area contributed by atoms with Gasteiger partial charge in [-0.25, -0.2) is 0 Å². The second-order valence-electron chi connectivity index (χ2n) is 3.65. The molecular weight excluding hydrogens is 200 g/mol. The zero-order valence-corrected chi connectivity index (χ0v) is 8.88. The van der Waals surface area contributed by atoms with Crippen molar-refractivity contribution < 1.29 is 10.4 Å². The zero-order chi connectivity index (χ0) is 11.4. The monoisotopic (exact) mass is 215 g/mol. The molecule has 0 spiro atoms. The first kappa shape index (κ1) is 10.7. The summed E-state index contributed by atoms with van der Waals surface area (Å²) in [6.07, 6.45) is -0.620. The first-order chi connectivity index (χ1) is 7.77. The predicted molar refractivity (Wildman–Crippen MR) is 63.8 cm³/mol. The van der Waals surface area contributed by atoms with Crippen LogP contribution in [0.5, 0.6) is 0 Å². The Labute approximate surface area is 94.5 Å². The molecule has 3 heteroatoms. The number of hydrogen-bond donors (Lipinski definition) is 3. The third-order valence-corrected chi connectivity index (χ3v) is 2.47. The molecule has 0 saturated heterocycles. The van der Waals surface area contributed by atoms with Crippen LogP contribution >= 0.6 is 0 Å². The van der Waals surface area contributed by atoms with E-state index in [2.05, 4.69) is 0 Å². The number of quaternary nitrogens is 1. The van der Waals surface area contributed by atoms with Crippen LogP contribution in [-0.4, -0.2) is 5.11 Å². The minimum Gasteiger partial charge on any atom is -0.394 e. The molecule has 0 aliphatic rings. The van der Waals surface area contributed by atoms with Crippen molar-refractivity contribution in [2.24, 2.45) is 0 Å². The van der Waals surface area contributed by atoms with Gasteiger partial charge in [0.05, 0.1) is 5.69 Å². The van der Waals surface area contributed by atoms with Crippen LogP contribution in [0, 0.1) is 0 Å². The second-order valence-corrected chi connectivity index (χ2v) is 3.65. The van der Waals surface area contributed by atoms with Gasteiger partial charge in [0.2, 0.25) is 6.23 Å². The highest BCUT2D eigenvalue weighted by atomic mass is 16.3. The van der Waals surface area contributed by atoms with Crippen molar-refractivity contribution >= 4 is 11.4 Å². The van der Waals surface area contributed by atoms with Crippen molar-refractivity contribution in [2.75, 3.05) is 5.73 Å². The van der Waals surface area contributed by atoms with Crippen molar-refractivity contribution in [3.05, 3.63) is 60.2 Å². The first-order valence-electron chi connectivity index (χ1n) is 5.20.